The van der Waals surface area contributed by atoms with Crippen molar-refractivity contribution in [2.24, 2.45) is 10.1 Å². The molecule has 10 nitrogen and oxygen atoms in total. The first-order valence-corrected chi connectivity index (χ1v) is 12.2. The van der Waals surface area contributed by atoms with E-state index >= 15 is 0 Å². The van der Waals surface area contributed by atoms with Crippen LogP contribution in [0.5, 0.6) is 5.75 Å². The molecule has 11 heteroatoms. The van der Waals surface area contributed by atoms with Gasteiger partial charge in [0.15, 0.2) is 11.6 Å². The molecule has 3 N–H and O–H groups in total. The molecule has 0 bridgehead atoms. The van der Waals surface area contributed by atoms with Crippen LogP contribution in [-0.4, -0.2) is 40.9 Å². The molecular weight excluding hydrogens is 542 g/mol. The minimum Gasteiger partial charge on any atom is -0.494 e. The standard InChI is InChI=1S/C26H24BrN5O5/c27-21-8-3-1-6-18(21)16-26(25(34)31-35)23(20-7-2-4-9-22(20)30-32-28)37-24(29-26)17-10-12-19(13-11-17)36-15-5-14-33/h1-4,6-13,23,33,35H,5,14-16H2,(H,31,34)/t23-,26-/m0/s1. The lowest BCUT2D eigenvalue weighted by molar-refractivity contribution is -0.137. The number of nitrogens with one attached hydrogen (secondary N) is 1. The van der Waals surface area contributed by atoms with Crippen molar-refractivity contribution in [3.8, 4) is 5.75 Å². The highest BCUT2D eigenvalue weighted by Gasteiger charge is 2.54. The molecule has 2 atom stereocenters. The minimum absolute atomic E-state index is 0.0357. The molecule has 0 aromatic heterocycles. The van der Waals surface area contributed by atoms with E-state index in [1.54, 1.807) is 54.0 Å². The number of benzene rings is 3. The molecule has 0 spiro atoms. The van der Waals surface area contributed by atoms with Gasteiger partial charge in [-0.15, -0.1) is 0 Å². The van der Waals surface area contributed by atoms with Crippen molar-refractivity contribution in [1.29, 1.82) is 0 Å². The molecule has 1 aliphatic rings. The molecule has 190 valence electrons. The largest absolute Gasteiger partial charge is 0.494 e. The fraction of sp³-hybridized carbons (Fsp3) is 0.231. The third-order valence-corrected chi connectivity index (χ3v) is 6.69. The summed E-state index contributed by atoms with van der Waals surface area (Å²) in [5.41, 5.74) is 11.3. The average Bonchev–Trinajstić information content (AvgIpc) is 3.31. The maximum Gasteiger partial charge on any atom is 0.275 e. The second-order valence-electron chi connectivity index (χ2n) is 8.25. The molecule has 37 heavy (non-hydrogen) atoms. The van der Waals surface area contributed by atoms with E-state index in [4.69, 9.17) is 25.1 Å². The predicted octanol–water partition coefficient (Wildman–Crippen LogP) is 5.16. The fourth-order valence-corrected chi connectivity index (χ4v) is 4.56. The number of carbonyl (C=O) groups excluding carboxylic acids is 1. The maximum absolute atomic E-state index is 13.4. The minimum atomic E-state index is -1.63. The van der Waals surface area contributed by atoms with Gasteiger partial charge in [0.05, 0.1) is 6.61 Å². The number of carbonyl (C=O) groups is 1. The van der Waals surface area contributed by atoms with Gasteiger partial charge < -0.3 is 14.6 Å². The summed E-state index contributed by atoms with van der Waals surface area (Å²) in [5.74, 6) is 0.00915. The number of aliphatic imine (C=N–C) groups is 1. The molecule has 3 aromatic rings. The molecule has 4 rings (SSSR count). The van der Waals surface area contributed by atoms with Crippen LogP contribution in [0.1, 0.15) is 29.2 Å². The number of halogens is 1. The summed E-state index contributed by atoms with van der Waals surface area (Å²) in [6.07, 6.45) is -0.441. The smallest absolute Gasteiger partial charge is 0.275 e. The SMILES string of the molecule is [N-]=[N+]=Nc1ccccc1[C@@H]1OC(c2ccc(OCCCO)cc2)=N[C@]1(Cc1ccccc1Br)C(=O)NO. The van der Waals surface area contributed by atoms with Gasteiger partial charge >= 0.3 is 0 Å². The zero-order valence-electron chi connectivity index (χ0n) is 19.6. The topological polar surface area (TPSA) is 149 Å². The molecule has 1 aliphatic heterocycles. The molecule has 1 heterocycles. The van der Waals surface area contributed by atoms with E-state index in [2.05, 4.69) is 26.0 Å². The van der Waals surface area contributed by atoms with Gasteiger partial charge in [0.1, 0.15) is 5.75 Å². The van der Waals surface area contributed by atoms with Crippen molar-refractivity contribution in [2.45, 2.75) is 24.5 Å². The first kappa shape index (κ1) is 26.2. The van der Waals surface area contributed by atoms with Gasteiger partial charge in [0.25, 0.3) is 5.91 Å². The highest BCUT2D eigenvalue weighted by Crippen LogP contribution is 2.45. The van der Waals surface area contributed by atoms with Gasteiger partial charge in [-0.05, 0) is 41.4 Å². The summed E-state index contributed by atoms with van der Waals surface area (Å²) < 4.78 is 12.7. The van der Waals surface area contributed by atoms with E-state index in [0.29, 0.717) is 29.9 Å². The van der Waals surface area contributed by atoms with Crippen LogP contribution in [0.15, 0.2) is 87.4 Å². The Labute approximate surface area is 221 Å². The molecule has 0 saturated carbocycles. The number of amides is 1. The Balaban J connectivity index is 1.82. The van der Waals surface area contributed by atoms with E-state index in [0.717, 1.165) is 10.0 Å². The maximum atomic E-state index is 13.4. The number of aliphatic hydroxyl groups excluding tert-OH is 1. The Hall–Kier alpha value is -3.89. The number of azide groups is 1. The number of ether oxygens (including phenoxy) is 2. The van der Waals surface area contributed by atoms with Crippen molar-refractivity contribution in [2.75, 3.05) is 13.2 Å². The zero-order valence-corrected chi connectivity index (χ0v) is 21.2. The summed E-state index contributed by atoms with van der Waals surface area (Å²) in [6.45, 7) is 0.408. The van der Waals surface area contributed by atoms with E-state index < -0.39 is 17.6 Å². The number of hydrogen-bond acceptors (Lipinski definition) is 7. The van der Waals surface area contributed by atoms with Gasteiger partial charge in [0, 0.05) is 45.6 Å². The van der Waals surface area contributed by atoms with Crippen LogP contribution in [0.2, 0.25) is 0 Å². The Morgan fingerprint density at radius 1 is 1.16 bits per heavy atom. The summed E-state index contributed by atoms with van der Waals surface area (Å²) >= 11 is 3.53. The highest BCUT2D eigenvalue weighted by molar-refractivity contribution is 9.10. The number of aliphatic hydroxyl groups is 1. The molecular formula is C26H24BrN5O5. The van der Waals surface area contributed by atoms with Gasteiger partial charge in [-0.3, -0.25) is 10.0 Å². The highest BCUT2D eigenvalue weighted by atomic mass is 79.9. The molecule has 0 radical (unpaired) electrons. The summed E-state index contributed by atoms with van der Waals surface area (Å²) in [7, 11) is 0. The molecule has 1 amide bonds. The van der Waals surface area contributed by atoms with Crippen LogP contribution < -0.4 is 10.2 Å². The van der Waals surface area contributed by atoms with Crippen LogP contribution in [-0.2, 0) is 16.0 Å². The van der Waals surface area contributed by atoms with Gasteiger partial charge in [-0.2, -0.15) is 0 Å². The molecule has 0 unspecified atom stereocenters. The van der Waals surface area contributed by atoms with E-state index in [-0.39, 0.29) is 24.6 Å². The lowest BCUT2D eigenvalue weighted by Crippen LogP contribution is -2.49. The number of hydrogen-bond donors (Lipinski definition) is 3. The average molecular weight is 566 g/mol. The van der Waals surface area contributed by atoms with Crippen LogP contribution in [0, 0.1) is 0 Å². The molecule has 0 fully saturated rings. The second kappa shape index (κ2) is 11.9. The lowest BCUT2D eigenvalue weighted by Gasteiger charge is -2.30. The van der Waals surface area contributed by atoms with Crippen LogP contribution in [0.25, 0.3) is 10.4 Å². The Morgan fingerprint density at radius 3 is 2.59 bits per heavy atom. The normalized spacial score (nSPS) is 18.4. The molecule has 0 aliphatic carbocycles. The van der Waals surface area contributed by atoms with Gasteiger partial charge in [-0.1, -0.05) is 63.5 Å². The van der Waals surface area contributed by atoms with Crippen molar-refractivity contribution in [1.82, 2.24) is 5.48 Å². The summed E-state index contributed by atoms with van der Waals surface area (Å²) in [4.78, 5) is 21.0. The molecule has 3 aromatic carbocycles. The quantitative estimate of drug-likeness (QED) is 0.0774. The van der Waals surface area contributed by atoms with Gasteiger partial charge in [0.2, 0.25) is 5.90 Å². The van der Waals surface area contributed by atoms with E-state index in [1.165, 1.54) is 0 Å². The van der Waals surface area contributed by atoms with Crippen molar-refractivity contribution in [3.63, 3.8) is 0 Å². The number of hydroxylamine groups is 1. The number of rotatable bonds is 10. The predicted molar refractivity (Wildman–Crippen MR) is 140 cm³/mol. The second-order valence-corrected chi connectivity index (χ2v) is 9.10. The van der Waals surface area contributed by atoms with Crippen molar-refractivity contribution in [3.05, 3.63) is 104 Å². The summed E-state index contributed by atoms with van der Waals surface area (Å²) in [5, 5.41) is 22.5. The van der Waals surface area contributed by atoms with Crippen molar-refractivity contribution < 1.29 is 24.6 Å². The monoisotopic (exact) mass is 565 g/mol. The van der Waals surface area contributed by atoms with E-state index in [1.807, 2.05) is 24.3 Å². The first-order valence-electron chi connectivity index (χ1n) is 11.4. The lowest BCUT2D eigenvalue weighted by atomic mass is 9.81. The molecule has 0 saturated heterocycles. The third-order valence-electron chi connectivity index (χ3n) is 5.92. The zero-order chi connectivity index (χ0) is 26.3. The van der Waals surface area contributed by atoms with Crippen LogP contribution in [0.3, 0.4) is 0 Å². The first-order chi connectivity index (χ1) is 18.0. The third kappa shape index (κ3) is 5.60. The Bertz CT molecular complexity index is 1340. The number of nitrogens with zero attached hydrogens (tertiary/aromatic N) is 4. The Kier molecular flexibility index (Phi) is 8.42. The van der Waals surface area contributed by atoms with Crippen LogP contribution >= 0.6 is 15.9 Å². The Morgan fingerprint density at radius 2 is 1.89 bits per heavy atom. The fourth-order valence-electron chi connectivity index (χ4n) is 4.14. The van der Waals surface area contributed by atoms with Crippen molar-refractivity contribution >= 4 is 33.4 Å². The van der Waals surface area contributed by atoms with Crippen LogP contribution in [0.4, 0.5) is 5.69 Å². The van der Waals surface area contributed by atoms with E-state index in [9.17, 15) is 10.0 Å². The summed E-state index contributed by atoms with van der Waals surface area (Å²) in [6, 6.07) is 21.1. The van der Waals surface area contributed by atoms with Gasteiger partial charge in [-0.25, -0.2) is 10.5 Å².